The quantitative estimate of drug-likeness (QED) is 0.424. The van der Waals surface area contributed by atoms with Crippen LogP contribution in [0.4, 0.5) is 4.79 Å². The van der Waals surface area contributed by atoms with Crippen molar-refractivity contribution in [3.05, 3.63) is 102 Å². The molecule has 0 saturated carbocycles. The van der Waals surface area contributed by atoms with Gasteiger partial charge in [-0.25, -0.2) is 22.7 Å². The van der Waals surface area contributed by atoms with Gasteiger partial charge in [-0.1, -0.05) is 66.7 Å². The van der Waals surface area contributed by atoms with Crippen molar-refractivity contribution in [3.63, 3.8) is 0 Å². The second-order valence-corrected chi connectivity index (χ2v) is 8.87. The lowest BCUT2D eigenvalue weighted by atomic mass is 10.1. The second kappa shape index (κ2) is 11.2. The van der Waals surface area contributed by atoms with Gasteiger partial charge in [0.25, 0.3) is 5.91 Å². The van der Waals surface area contributed by atoms with Crippen molar-refractivity contribution in [3.8, 4) is 0 Å². The molecule has 0 aliphatic rings. The Balaban J connectivity index is 1.79. The summed E-state index contributed by atoms with van der Waals surface area (Å²) in [6.07, 6.45) is -1.43. The van der Waals surface area contributed by atoms with Crippen molar-refractivity contribution in [2.24, 2.45) is 0 Å². The first kappa shape index (κ1) is 24.6. The molecule has 0 fully saturated rings. The van der Waals surface area contributed by atoms with Crippen LogP contribution in [0.5, 0.6) is 0 Å². The topological polar surface area (TPSA) is 131 Å². The van der Waals surface area contributed by atoms with Crippen LogP contribution in [0.2, 0.25) is 0 Å². The maximum absolute atomic E-state index is 12.8. The minimum atomic E-state index is -3.92. The van der Waals surface area contributed by atoms with Crippen molar-refractivity contribution in [1.82, 2.24) is 15.4 Å². The molecule has 0 aliphatic carbocycles. The number of benzene rings is 3. The minimum Gasteiger partial charge on any atom is -0.444 e. The van der Waals surface area contributed by atoms with E-state index in [0.717, 1.165) is 11.6 Å². The Labute approximate surface area is 197 Å². The maximum Gasteiger partial charge on any atom is 0.339 e. The van der Waals surface area contributed by atoms with Crippen LogP contribution >= 0.6 is 0 Å². The van der Waals surface area contributed by atoms with E-state index in [4.69, 9.17) is 4.74 Å². The maximum atomic E-state index is 12.8. The Morgan fingerprint density at radius 1 is 0.882 bits per heavy atom. The van der Waals surface area contributed by atoms with Gasteiger partial charge in [-0.05, 0) is 23.8 Å². The van der Waals surface area contributed by atoms with E-state index in [0.29, 0.717) is 5.56 Å². The van der Waals surface area contributed by atoms with E-state index in [9.17, 15) is 22.8 Å². The Kier molecular flexibility index (Phi) is 8.12. The highest BCUT2D eigenvalue weighted by Gasteiger charge is 2.27. The first-order valence-electron chi connectivity index (χ1n) is 10.2. The third kappa shape index (κ3) is 6.50. The van der Waals surface area contributed by atoms with E-state index < -0.39 is 34.0 Å². The standard InChI is InChI=1S/C24H23N3O6S/c1-25-24(30)27-22(28)21(18-11-6-3-7-12-18)33-23(29)19-13-8-14-20(15-19)34(31,32)26-16-17-9-4-2-5-10-17/h2-15,21,26H,16H2,1H3,(H2,25,27,28,30)/t21-/m0/s1. The molecule has 3 rings (SSSR count). The number of amides is 3. The van der Waals surface area contributed by atoms with Gasteiger partial charge in [-0.3, -0.25) is 10.1 Å². The minimum absolute atomic E-state index is 0.0729. The van der Waals surface area contributed by atoms with Gasteiger partial charge < -0.3 is 10.1 Å². The van der Waals surface area contributed by atoms with Crippen LogP contribution in [0.3, 0.4) is 0 Å². The van der Waals surface area contributed by atoms with E-state index in [1.165, 1.54) is 25.2 Å². The number of hydrogen-bond donors (Lipinski definition) is 3. The molecule has 0 aromatic heterocycles. The molecule has 0 bridgehead atoms. The van der Waals surface area contributed by atoms with Gasteiger partial charge in [0, 0.05) is 19.2 Å². The van der Waals surface area contributed by atoms with E-state index in [2.05, 4.69) is 15.4 Å². The van der Waals surface area contributed by atoms with Crippen molar-refractivity contribution in [2.75, 3.05) is 7.05 Å². The normalized spacial score (nSPS) is 11.8. The molecule has 10 heteroatoms. The molecule has 3 aromatic carbocycles. The van der Waals surface area contributed by atoms with Crippen LogP contribution in [-0.4, -0.2) is 33.4 Å². The largest absolute Gasteiger partial charge is 0.444 e. The van der Waals surface area contributed by atoms with Crippen LogP contribution < -0.4 is 15.4 Å². The van der Waals surface area contributed by atoms with Gasteiger partial charge in [0.2, 0.25) is 16.1 Å². The molecular formula is C24H23N3O6S. The van der Waals surface area contributed by atoms with Gasteiger partial charge >= 0.3 is 12.0 Å². The number of hydrogen-bond acceptors (Lipinski definition) is 6. The number of sulfonamides is 1. The predicted octanol–water partition coefficient (Wildman–Crippen LogP) is 2.52. The highest BCUT2D eigenvalue weighted by molar-refractivity contribution is 7.89. The third-order valence-corrected chi connectivity index (χ3v) is 6.12. The van der Waals surface area contributed by atoms with Crippen LogP contribution in [0, 0.1) is 0 Å². The molecule has 9 nitrogen and oxygen atoms in total. The fourth-order valence-electron chi connectivity index (χ4n) is 2.96. The molecule has 0 saturated heterocycles. The van der Waals surface area contributed by atoms with Crippen LogP contribution in [0.1, 0.15) is 27.6 Å². The molecular weight excluding hydrogens is 458 g/mol. The predicted molar refractivity (Wildman–Crippen MR) is 124 cm³/mol. The summed E-state index contributed by atoms with van der Waals surface area (Å²) in [6, 6.07) is 21.6. The fraction of sp³-hybridized carbons (Fsp3) is 0.125. The van der Waals surface area contributed by atoms with E-state index in [1.807, 2.05) is 6.07 Å². The summed E-state index contributed by atoms with van der Waals surface area (Å²) in [5.74, 6) is -1.78. The average molecular weight is 482 g/mol. The Morgan fingerprint density at radius 3 is 2.18 bits per heavy atom. The van der Waals surface area contributed by atoms with Gasteiger partial charge in [-0.2, -0.15) is 0 Å². The fourth-order valence-corrected chi connectivity index (χ4v) is 4.03. The summed E-state index contributed by atoms with van der Waals surface area (Å²) >= 11 is 0. The summed E-state index contributed by atoms with van der Waals surface area (Å²) in [5, 5.41) is 4.33. The number of urea groups is 1. The molecule has 0 unspecified atom stereocenters. The molecule has 176 valence electrons. The van der Waals surface area contributed by atoms with Crippen molar-refractivity contribution in [1.29, 1.82) is 0 Å². The monoisotopic (exact) mass is 481 g/mol. The summed E-state index contributed by atoms with van der Waals surface area (Å²) < 4.78 is 33.3. The lowest BCUT2D eigenvalue weighted by Gasteiger charge is -2.17. The summed E-state index contributed by atoms with van der Waals surface area (Å²) in [5.41, 5.74) is 1.04. The van der Waals surface area contributed by atoms with Crippen LogP contribution in [-0.2, 0) is 26.1 Å². The lowest BCUT2D eigenvalue weighted by Crippen LogP contribution is -2.41. The highest BCUT2D eigenvalue weighted by atomic mass is 32.2. The van der Waals surface area contributed by atoms with E-state index in [1.54, 1.807) is 54.6 Å². The first-order chi connectivity index (χ1) is 16.3. The highest BCUT2D eigenvalue weighted by Crippen LogP contribution is 2.21. The van der Waals surface area contributed by atoms with E-state index in [-0.39, 0.29) is 17.0 Å². The number of esters is 1. The molecule has 1 atom stereocenters. The zero-order valence-corrected chi connectivity index (χ0v) is 19.0. The number of imide groups is 1. The van der Waals surface area contributed by atoms with Gasteiger partial charge in [0.05, 0.1) is 10.5 Å². The molecule has 3 N–H and O–H groups in total. The first-order valence-corrected chi connectivity index (χ1v) is 11.7. The number of rotatable bonds is 8. The van der Waals surface area contributed by atoms with Gasteiger partial charge in [0.15, 0.2) is 0 Å². The number of nitrogens with one attached hydrogen (secondary N) is 3. The number of ether oxygens (including phenoxy) is 1. The Morgan fingerprint density at radius 2 is 1.53 bits per heavy atom. The smallest absolute Gasteiger partial charge is 0.339 e. The molecule has 0 aliphatic heterocycles. The van der Waals surface area contributed by atoms with Crippen molar-refractivity contribution in [2.45, 2.75) is 17.5 Å². The second-order valence-electron chi connectivity index (χ2n) is 7.10. The Hall–Kier alpha value is -4.02. The summed E-state index contributed by atoms with van der Waals surface area (Å²) in [7, 11) is -2.58. The number of carbonyl (C=O) groups excluding carboxylic acids is 3. The van der Waals surface area contributed by atoms with Crippen molar-refractivity contribution < 1.29 is 27.5 Å². The summed E-state index contributed by atoms with van der Waals surface area (Å²) in [6.45, 7) is 0.0770. The molecule has 3 aromatic rings. The van der Waals surface area contributed by atoms with Crippen molar-refractivity contribution >= 4 is 27.9 Å². The molecule has 0 heterocycles. The molecule has 0 radical (unpaired) electrons. The van der Waals surface area contributed by atoms with Crippen LogP contribution in [0.25, 0.3) is 0 Å². The summed E-state index contributed by atoms with van der Waals surface area (Å²) in [4.78, 5) is 36.8. The van der Waals surface area contributed by atoms with Gasteiger partial charge in [-0.15, -0.1) is 0 Å². The zero-order chi connectivity index (χ0) is 24.6. The van der Waals surface area contributed by atoms with E-state index >= 15 is 0 Å². The molecule has 34 heavy (non-hydrogen) atoms. The zero-order valence-electron chi connectivity index (χ0n) is 18.2. The average Bonchev–Trinajstić information content (AvgIpc) is 2.87. The Bertz CT molecular complexity index is 1260. The third-order valence-electron chi connectivity index (χ3n) is 4.72. The molecule has 0 spiro atoms. The SMILES string of the molecule is CNC(=O)NC(=O)[C@@H](OC(=O)c1cccc(S(=O)(=O)NCc2ccccc2)c1)c1ccccc1. The van der Waals surface area contributed by atoms with Crippen LogP contribution in [0.15, 0.2) is 89.8 Å². The van der Waals surface area contributed by atoms with Gasteiger partial charge in [0.1, 0.15) is 0 Å². The number of carbonyl (C=O) groups is 3. The lowest BCUT2D eigenvalue weighted by molar-refractivity contribution is -0.129. The molecule has 3 amide bonds.